The Labute approximate surface area is 118 Å². The van der Waals surface area contributed by atoms with Crippen LogP contribution in [-0.2, 0) is 0 Å². The predicted octanol–water partition coefficient (Wildman–Crippen LogP) is 3.20. The molecule has 2 N–H and O–H groups in total. The number of nitrogens with two attached hydrogens (primary N) is 1. The van der Waals surface area contributed by atoms with Gasteiger partial charge in [-0.2, -0.15) is 0 Å². The largest absolute Gasteiger partial charge is 0.497 e. The molecule has 2 aromatic rings. The lowest BCUT2D eigenvalue weighted by molar-refractivity contribution is 0.396. The van der Waals surface area contributed by atoms with Gasteiger partial charge in [-0.3, -0.25) is 0 Å². The lowest BCUT2D eigenvalue weighted by Crippen LogP contribution is -2.15. The molecule has 1 atom stereocenters. The standard InChI is InChI=1S/C16H18FNO2/c1-10-4-6-12(14(17)8-10)16(18)13-9-11(19-2)5-7-15(13)20-3/h4-9,16H,18H2,1-3H3. The summed E-state index contributed by atoms with van der Waals surface area (Å²) < 4.78 is 24.5. The van der Waals surface area contributed by atoms with E-state index in [1.807, 2.05) is 13.0 Å². The molecule has 2 aromatic carbocycles. The molecule has 0 aliphatic heterocycles. The van der Waals surface area contributed by atoms with Gasteiger partial charge in [-0.05, 0) is 36.8 Å². The van der Waals surface area contributed by atoms with E-state index >= 15 is 0 Å². The van der Waals surface area contributed by atoms with Gasteiger partial charge in [0.2, 0.25) is 0 Å². The first-order valence-corrected chi connectivity index (χ1v) is 6.30. The molecule has 106 valence electrons. The Kier molecular flexibility index (Phi) is 4.25. The van der Waals surface area contributed by atoms with Crippen molar-refractivity contribution in [2.24, 2.45) is 5.73 Å². The second kappa shape index (κ2) is 5.92. The highest BCUT2D eigenvalue weighted by atomic mass is 19.1. The third kappa shape index (κ3) is 2.75. The van der Waals surface area contributed by atoms with Gasteiger partial charge in [0.05, 0.1) is 20.3 Å². The summed E-state index contributed by atoms with van der Waals surface area (Å²) in [6, 6.07) is 9.71. The predicted molar refractivity (Wildman–Crippen MR) is 76.7 cm³/mol. The van der Waals surface area contributed by atoms with Crippen molar-refractivity contribution in [2.45, 2.75) is 13.0 Å². The molecule has 0 bridgehead atoms. The molecule has 3 nitrogen and oxygen atoms in total. The number of halogens is 1. The van der Waals surface area contributed by atoms with E-state index in [4.69, 9.17) is 15.2 Å². The number of benzene rings is 2. The molecule has 0 saturated carbocycles. The minimum atomic E-state index is -0.611. The van der Waals surface area contributed by atoms with Gasteiger partial charge in [0.1, 0.15) is 17.3 Å². The van der Waals surface area contributed by atoms with Gasteiger partial charge < -0.3 is 15.2 Å². The summed E-state index contributed by atoms with van der Waals surface area (Å²) in [5.74, 6) is 0.949. The molecule has 20 heavy (non-hydrogen) atoms. The highest BCUT2D eigenvalue weighted by Crippen LogP contribution is 2.32. The van der Waals surface area contributed by atoms with Crippen molar-refractivity contribution in [1.82, 2.24) is 0 Å². The van der Waals surface area contributed by atoms with Gasteiger partial charge in [0.15, 0.2) is 0 Å². The Morgan fingerprint density at radius 3 is 2.35 bits per heavy atom. The van der Waals surface area contributed by atoms with Crippen molar-refractivity contribution in [3.8, 4) is 11.5 Å². The fraction of sp³-hybridized carbons (Fsp3) is 0.250. The van der Waals surface area contributed by atoms with Gasteiger partial charge >= 0.3 is 0 Å². The molecule has 0 heterocycles. The van der Waals surface area contributed by atoms with Crippen molar-refractivity contribution < 1.29 is 13.9 Å². The molecule has 0 radical (unpaired) electrons. The molecular formula is C16H18FNO2. The third-order valence-corrected chi connectivity index (χ3v) is 3.26. The Morgan fingerprint density at radius 2 is 1.75 bits per heavy atom. The lowest BCUT2D eigenvalue weighted by Gasteiger charge is -2.18. The minimum absolute atomic E-state index is 0.317. The van der Waals surface area contributed by atoms with Crippen LogP contribution < -0.4 is 15.2 Å². The molecule has 0 aromatic heterocycles. The zero-order valence-corrected chi connectivity index (χ0v) is 11.8. The Morgan fingerprint density at radius 1 is 1.00 bits per heavy atom. The first-order chi connectivity index (χ1) is 9.56. The maximum Gasteiger partial charge on any atom is 0.128 e. The Bertz CT molecular complexity index is 613. The quantitative estimate of drug-likeness (QED) is 0.932. The van der Waals surface area contributed by atoms with Crippen LogP contribution in [0.2, 0.25) is 0 Å². The second-order valence-electron chi connectivity index (χ2n) is 4.61. The van der Waals surface area contributed by atoms with E-state index in [-0.39, 0.29) is 5.82 Å². The maximum absolute atomic E-state index is 14.1. The van der Waals surface area contributed by atoms with Crippen molar-refractivity contribution in [2.75, 3.05) is 14.2 Å². The van der Waals surface area contributed by atoms with Crippen LogP contribution >= 0.6 is 0 Å². The Balaban J connectivity index is 2.48. The van der Waals surface area contributed by atoms with Gasteiger partial charge in [-0.1, -0.05) is 12.1 Å². The molecule has 0 aliphatic carbocycles. The minimum Gasteiger partial charge on any atom is -0.497 e. The van der Waals surface area contributed by atoms with E-state index in [2.05, 4.69) is 0 Å². The molecule has 0 aliphatic rings. The average Bonchev–Trinajstić information content (AvgIpc) is 2.46. The lowest BCUT2D eigenvalue weighted by atomic mass is 9.97. The second-order valence-corrected chi connectivity index (χ2v) is 4.61. The summed E-state index contributed by atoms with van der Waals surface area (Å²) >= 11 is 0. The monoisotopic (exact) mass is 275 g/mol. The third-order valence-electron chi connectivity index (χ3n) is 3.26. The van der Waals surface area contributed by atoms with E-state index in [1.54, 1.807) is 38.5 Å². The van der Waals surface area contributed by atoms with E-state index in [9.17, 15) is 4.39 Å². The molecule has 0 spiro atoms. The van der Waals surface area contributed by atoms with Crippen LogP contribution in [-0.4, -0.2) is 14.2 Å². The van der Waals surface area contributed by atoms with Crippen LogP contribution in [0.3, 0.4) is 0 Å². The number of rotatable bonds is 4. The zero-order valence-electron chi connectivity index (χ0n) is 11.8. The number of aryl methyl sites for hydroxylation is 1. The molecule has 1 unspecified atom stereocenters. The van der Waals surface area contributed by atoms with Crippen molar-refractivity contribution in [3.05, 3.63) is 58.9 Å². The van der Waals surface area contributed by atoms with Crippen LogP contribution in [0.15, 0.2) is 36.4 Å². The summed E-state index contributed by atoms with van der Waals surface area (Å²) in [6.45, 7) is 1.84. The van der Waals surface area contributed by atoms with E-state index in [0.29, 0.717) is 22.6 Å². The summed E-state index contributed by atoms with van der Waals surface area (Å²) in [5, 5.41) is 0. The van der Waals surface area contributed by atoms with Crippen LogP contribution in [0, 0.1) is 12.7 Å². The fourth-order valence-corrected chi connectivity index (χ4v) is 2.13. The first kappa shape index (κ1) is 14.3. The summed E-state index contributed by atoms with van der Waals surface area (Å²) in [6.07, 6.45) is 0. The van der Waals surface area contributed by atoms with E-state index in [1.165, 1.54) is 6.07 Å². The van der Waals surface area contributed by atoms with Gasteiger partial charge in [0.25, 0.3) is 0 Å². The molecule has 4 heteroatoms. The van der Waals surface area contributed by atoms with Crippen LogP contribution in [0.25, 0.3) is 0 Å². The number of methoxy groups -OCH3 is 2. The molecule has 0 fully saturated rings. The zero-order chi connectivity index (χ0) is 14.7. The highest BCUT2D eigenvalue weighted by Gasteiger charge is 2.18. The van der Waals surface area contributed by atoms with Crippen molar-refractivity contribution in [3.63, 3.8) is 0 Å². The topological polar surface area (TPSA) is 44.5 Å². The summed E-state index contributed by atoms with van der Waals surface area (Å²) in [4.78, 5) is 0. The van der Waals surface area contributed by atoms with Gasteiger partial charge in [-0.25, -0.2) is 4.39 Å². The Hall–Kier alpha value is -2.07. The SMILES string of the molecule is COc1ccc(OC)c(C(N)c2ccc(C)cc2F)c1. The maximum atomic E-state index is 14.1. The molecular weight excluding hydrogens is 257 g/mol. The number of hydrogen-bond acceptors (Lipinski definition) is 3. The van der Waals surface area contributed by atoms with Gasteiger partial charge in [0, 0.05) is 11.1 Å². The highest BCUT2D eigenvalue weighted by molar-refractivity contribution is 5.46. The summed E-state index contributed by atoms with van der Waals surface area (Å²) in [7, 11) is 3.13. The van der Waals surface area contributed by atoms with Crippen molar-refractivity contribution in [1.29, 1.82) is 0 Å². The fourth-order valence-electron chi connectivity index (χ4n) is 2.13. The summed E-state index contributed by atoms with van der Waals surface area (Å²) in [5.41, 5.74) is 8.17. The normalized spacial score (nSPS) is 12.1. The number of ether oxygens (including phenoxy) is 2. The van der Waals surface area contributed by atoms with E-state index in [0.717, 1.165) is 5.56 Å². The first-order valence-electron chi connectivity index (χ1n) is 6.30. The van der Waals surface area contributed by atoms with Gasteiger partial charge in [-0.15, -0.1) is 0 Å². The van der Waals surface area contributed by atoms with E-state index < -0.39 is 6.04 Å². The van der Waals surface area contributed by atoms with Crippen LogP contribution in [0.1, 0.15) is 22.7 Å². The molecule has 0 saturated heterocycles. The van der Waals surface area contributed by atoms with Crippen molar-refractivity contribution >= 4 is 0 Å². The smallest absolute Gasteiger partial charge is 0.128 e. The molecule has 2 rings (SSSR count). The average molecular weight is 275 g/mol. The van der Waals surface area contributed by atoms with Crippen LogP contribution in [0.5, 0.6) is 11.5 Å². The van der Waals surface area contributed by atoms with Crippen LogP contribution in [0.4, 0.5) is 4.39 Å². The number of hydrogen-bond donors (Lipinski definition) is 1. The molecule has 0 amide bonds.